The summed E-state index contributed by atoms with van der Waals surface area (Å²) >= 11 is 0. The maximum Gasteiger partial charge on any atom is 0.250 e. The van der Waals surface area contributed by atoms with E-state index in [4.69, 9.17) is 0 Å². The lowest BCUT2D eigenvalue weighted by Gasteiger charge is -2.12. The van der Waals surface area contributed by atoms with E-state index in [1.54, 1.807) is 35.0 Å². The minimum absolute atomic E-state index is 0. The van der Waals surface area contributed by atoms with Crippen LogP contribution in [0.1, 0.15) is 23.6 Å². The summed E-state index contributed by atoms with van der Waals surface area (Å²) in [6.45, 7) is 4.41. The zero-order valence-electron chi connectivity index (χ0n) is 16.8. The van der Waals surface area contributed by atoms with Gasteiger partial charge in [-0.25, -0.2) is 9.38 Å². The third-order valence-electron chi connectivity index (χ3n) is 4.41. The molecule has 3 rings (SSSR count). The van der Waals surface area contributed by atoms with Gasteiger partial charge in [-0.1, -0.05) is 42.5 Å². The molecule has 5 nitrogen and oxygen atoms in total. The van der Waals surface area contributed by atoms with E-state index in [-0.39, 0.29) is 35.4 Å². The Morgan fingerprint density at radius 3 is 2.27 bits per heavy atom. The molecule has 0 saturated carbocycles. The number of halogens is 2. The molecule has 7 heteroatoms. The Morgan fingerprint density at radius 1 is 0.933 bits per heavy atom. The molecule has 0 fully saturated rings. The highest BCUT2D eigenvalue weighted by Gasteiger charge is 2.01. The van der Waals surface area contributed by atoms with Crippen LogP contribution in [0.15, 0.2) is 82.7 Å². The van der Waals surface area contributed by atoms with Crippen molar-refractivity contribution >= 4 is 29.9 Å². The second-order valence-corrected chi connectivity index (χ2v) is 6.66. The van der Waals surface area contributed by atoms with Crippen LogP contribution in [0.5, 0.6) is 0 Å². The number of benzene rings is 2. The summed E-state index contributed by atoms with van der Waals surface area (Å²) in [7, 11) is 0. The molecule has 2 N–H and O–H groups in total. The second-order valence-electron chi connectivity index (χ2n) is 6.66. The largest absolute Gasteiger partial charge is 0.357 e. The second kappa shape index (κ2) is 12.1. The summed E-state index contributed by atoms with van der Waals surface area (Å²) in [6.07, 6.45) is 1.79. The first kappa shape index (κ1) is 23.6. The molecular formula is C23H26FIN4O. The summed E-state index contributed by atoms with van der Waals surface area (Å²) in [5, 5.41) is 6.52. The van der Waals surface area contributed by atoms with Gasteiger partial charge >= 0.3 is 0 Å². The average Bonchev–Trinajstić information content (AvgIpc) is 2.74. The van der Waals surface area contributed by atoms with Crippen molar-refractivity contribution in [1.82, 2.24) is 15.2 Å². The number of nitrogens with zero attached hydrogens (tertiary/aromatic N) is 2. The molecule has 0 amide bonds. The Morgan fingerprint density at radius 2 is 1.60 bits per heavy atom. The Hall–Kier alpha value is -2.68. The van der Waals surface area contributed by atoms with Crippen LogP contribution in [-0.4, -0.2) is 17.1 Å². The minimum atomic E-state index is -0.247. The van der Waals surface area contributed by atoms with Crippen molar-refractivity contribution in [3.63, 3.8) is 0 Å². The fraction of sp³-hybridized carbons (Fsp3) is 0.217. The van der Waals surface area contributed by atoms with Crippen molar-refractivity contribution in [2.75, 3.05) is 6.54 Å². The van der Waals surface area contributed by atoms with Crippen LogP contribution in [0.4, 0.5) is 4.39 Å². The van der Waals surface area contributed by atoms with Gasteiger partial charge in [0, 0.05) is 25.4 Å². The molecule has 0 atom stereocenters. The van der Waals surface area contributed by atoms with Crippen molar-refractivity contribution in [2.45, 2.75) is 26.6 Å². The van der Waals surface area contributed by atoms with Crippen LogP contribution in [0.3, 0.4) is 0 Å². The molecule has 0 aliphatic heterocycles. The standard InChI is InChI=1S/C23H25FN4O.HI/c1-2-25-23(27-16-19-10-12-21(24)13-11-19)26-15-18-6-8-20(9-7-18)17-28-14-4-3-5-22(28)29;/h3-14H,2,15-17H2,1H3,(H2,25,26,27);1H. The fourth-order valence-electron chi connectivity index (χ4n) is 2.84. The molecule has 0 spiro atoms. The smallest absolute Gasteiger partial charge is 0.250 e. The summed E-state index contributed by atoms with van der Waals surface area (Å²) < 4.78 is 14.7. The highest BCUT2D eigenvalue weighted by Crippen LogP contribution is 2.06. The maximum absolute atomic E-state index is 13.0. The fourth-order valence-corrected chi connectivity index (χ4v) is 2.84. The van der Waals surface area contributed by atoms with Crippen LogP contribution in [-0.2, 0) is 19.6 Å². The van der Waals surface area contributed by atoms with E-state index in [0.717, 1.165) is 23.2 Å². The summed E-state index contributed by atoms with van der Waals surface area (Å²) in [5.74, 6) is 0.458. The van der Waals surface area contributed by atoms with E-state index < -0.39 is 0 Å². The lowest BCUT2D eigenvalue weighted by atomic mass is 10.1. The zero-order valence-corrected chi connectivity index (χ0v) is 19.2. The monoisotopic (exact) mass is 520 g/mol. The van der Waals surface area contributed by atoms with Crippen molar-refractivity contribution in [1.29, 1.82) is 0 Å². The van der Waals surface area contributed by atoms with Gasteiger partial charge in [-0.3, -0.25) is 4.79 Å². The van der Waals surface area contributed by atoms with Gasteiger partial charge < -0.3 is 15.2 Å². The molecule has 158 valence electrons. The number of hydrogen-bond donors (Lipinski definition) is 2. The number of aromatic nitrogens is 1. The van der Waals surface area contributed by atoms with Crippen molar-refractivity contribution in [3.05, 3.63) is 106 Å². The van der Waals surface area contributed by atoms with Crippen molar-refractivity contribution < 1.29 is 4.39 Å². The zero-order chi connectivity index (χ0) is 20.5. The molecule has 1 heterocycles. The number of hydrogen-bond acceptors (Lipinski definition) is 2. The van der Waals surface area contributed by atoms with Crippen molar-refractivity contribution in [3.8, 4) is 0 Å². The first-order valence-corrected chi connectivity index (χ1v) is 9.64. The first-order valence-electron chi connectivity index (χ1n) is 9.64. The highest BCUT2D eigenvalue weighted by molar-refractivity contribution is 14.0. The van der Waals surface area contributed by atoms with Crippen LogP contribution >= 0.6 is 24.0 Å². The van der Waals surface area contributed by atoms with E-state index in [9.17, 15) is 9.18 Å². The van der Waals surface area contributed by atoms with Gasteiger partial charge in [-0.15, -0.1) is 24.0 Å². The topological polar surface area (TPSA) is 58.4 Å². The van der Waals surface area contributed by atoms with Crippen LogP contribution < -0.4 is 16.2 Å². The average molecular weight is 520 g/mol. The van der Waals surface area contributed by atoms with Crippen molar-refractivity contribution in [2.24, 2.45) is 4.99 Å². The molecule has 0 unspecified atom stereocenters. The molecule has 2 aromatic carbocycles. The van der Waals surface area contributed by atoms with Gasteiger partial charge in [0.1, 0.15) is 5.82 Å². The third-order valence-corrected chi connectivity index (χ3v) is 4.41. The van der Waals surface area contributed by atoms with E-state index in [1.165, 1.54) is 12.1 Å². The van der Waals surface area contributed by atoms with Gasteiger partial charge in [0.15, 0.2) is 5.96 Å². The quantitative estimate of drug-likeness (QED) is 0.282. The number of rotatable bonds is 7. The summed E-state index contributed by atoms with van der Waals surface area (Å²) in [5.41, 5.74) is 3.12. The third kappa shape index (κ3) is 7.29. The van der Waals surface area contributed by atoms with E-state index in [0.29, 0.717) is 25.6 Å². The predicted octanol–water partition coefficient (Wildman–Crippen LogP) is 3.91. The summed E-state index contributed by atoms with van der Waals surface area (Å²) in [6, 6.07) is 19.6. The minimum Gasteiger partial charge on any atom is -0.357 e. The normalized spacial score (nSPS) is 10.9. The molecule has 1 aromatic heterocycles. The molecule has 0 bridgehead atoms. The Balaban J connectivity index is 0.00000320. The molecule has 0 radical (unpaired) electrons. The van der Waals surface area contributed by atoms with E-state index in [2.05, 4.69) is 15.6 Å². The number of pyridine rings is 1. The number of guanidine groups is 1. The van der Waals surface area contributed by atoms with E-state index in [1.807, 2.05) is 37.3 Å². The lowest BCUT2D eigenvalue weighted by molar-refractivity contribution is 0.627. The molecule has 0 saturated heterocycles. The predicted molar refractivity (Wildman–Crippen MR) is 130 cm³/mol. The Bertz CT molecular complexity index is 1000. The van der Waals surface area contributed by atoms with Gasteiger partial charge in [-0.2, -0.15) is 0 Å². The number of nitrogens with one attached hydrogen (secondary N) is 2. The molecule has 0 aliphatic rings. The summed E-state index contributed by atoms with van der Waals surface area (Å²) in [4.78, 5) is 16.4. The van der Waals surface area contributed by atoms with Gasteiger partial charge in [0.05, 0.1) is 13.1 Å². The molecule has 0 aliphatic carbocycles. The van der Waals surface area contributed by atoms with Crippen LogP contribution in [0.25, 0.3) is 0 Å². The molecule has 3 aromatic rings. The van der Waals surface area contributed by atoms with Crippen LogP contribution in [0, 0.1) is 5.82 Å². The SMILES string of the molecule is CCNC(=NCc1ccc(F)cc1)NCc1ccc(Cn2ccccc2=O)cc1.I. The Labute approximate surface area is 193 Å². The first-order chi connectivity index (χ1) is 14.1. The molecule has 30 heavy (non-hydrogen) atoms. The number of aliphatic imine (C=N–C) groups is 1. The Kier molecular flexibility index (Phi) is 9.53. The van der Waals surface area contributed by atoms with Gasteiger partial charge in [0.25, 0.3) is 5.56 Å². The van der Waals surface area contributed by atoms with E-state index >= 15 is 0 Å². The van der Waals surface area contributed by atoms with Gasteiger partial charge in [0.2, 0.25) is 0 Å². The van der Waals surface area contributed by atoms with Crippen LogP contribution in [0.2, 0.25) is 0 Å². The molecular weight excluding hydrogens is 494 g/mol. The maximum atomic E-state index is 13.0. The van der Waals surface area contributed by atoms with Gasteiger partial charge in [-0.05, 0) is 41.8 Å². The highest BCUT2D eigenvalue weighted by atomic mass is 127. The lowest BCUT2D eigenvalue weighted by Crippen LogP contribution is -2.36.